The van der Waals surface area contributed by atoms with Crippen LogP contribution >= 0.6 is 0 Å². The molecule has 174 valence electrons. The van der Waals surface area contributed by atoms with Crippen LogP contribution in [0.2, 0.25) is 0 Å². The van der Waals surface area contributed by atoms with Crippen molar-refractivity contribution in [2.45, 2.75) is 6.54 Å². The van der Waals surface area contributed by atoms with Crippen molar-refractivity contribution in [3.8, 4) is 17.1 Å². The second kappa shape index (κ2) is 8.82. The van der Waals surface area contributed by atoms with E-state index < -0.39 is 23.0 Å². The Morgan fingerprint density at radius 1 is 1.00 bits per heavy atom. The van der Waals surface area contributed by atoms with Crippen LogP contribution in [-0.4, -0.2) is 32.4 Å². The second-order valence-electron chi connectivity index (χ2n) is 7.55. The molecule has 2 heterocycles. The molecule has 0 amide bonds. The Balaban J connectivity index is 1.68. The highest BCUT2D eigenvalue weighted by Crippen LogP contribution is 2.18. The van der Waals surface area contributed by atoms with Crippen LogP contribution in [0.25, 0.3) is 28.0 Å². The van der Waals surface area contributed by atoms with Crippen molar-refractivity contribution >= 4 is 16.9 Å². The summed E-state index contributed by atoms with van der Waals surface area (Å²) >= 11 is 0. The Morgan fingerprint density at radius 2 is 1.71 bits per heavy atom. The lowest BCUT2D eigenvalue weighted by atomic mass is 10.1. The quantitative estimate of drug-likeness (QED) is 0.362. The van der Waals surface area contributed by atoms with E-state index in [-0.39, 0.29) is 34.9 Å². The fraction of sp³-hybridized carbons (Fsp3) is 0.0800. The van der Waals surface area contributed by atoms with Crippen LogP contribution in [0.4, 0.5) is 4.39 Å². The van der Waals surface area contributed by atoms with E-state index in [1.54, 1.807) is 36.4 Å². The van der Waals surface area contributed by atoms with E-state index in [1.807, 2.05) is 0 Å². The molecule has 3 aromatic carbocycles. The molecule has 9 nitrogen and oxygen atoms in total. The minimum absolute atomic E-state index is 0.0624. The summed E-state index contributed by atoms with van der Waals surface area (Å²) in [5.41, 5.74) is -0.243. The van der Waals surface area contributed by atoms with Crippen molar-refractivity contribution in [1.82, 2.24) is 19.3 Å². The summed E-state index contributed by atoms with van der Waals surface area (Å²) in [5.74, 6) is -0.762. The Morgan fingerprint density at radius 3 is 2.49 bits per heavy atom. The smallest absolute Gasteiger partial charge is 0.339 e. The normalized spacial score (nSPS) is 11.0. The van der Waals surface area contributed by atoms with Crippen molar-refractivity contribution in [3.63, 3.8) is 0 Å². The Labute approximate surface area is 196 Å². The van der Waals surface area contributed by atoms with Crippen LogP contribution < -0.4 is 11.2 Å². The van der Waals surface area contributed by atoms with Gasteiger partial charge in [0.05, 0.1) is 29.3 Å². The molecule has 0 spiro atoms. The van der Waals surface area contributed by atoms with E-state index >= 15 is 0 Å². The fourth-order valence-corrected chi connectivity index (χ4v) is 3.81. The first-order valence-electron chi connectivity index (χ1n) is 10.5. The molecule has 0 saturated carbocycles. The summed E-state index contributed by atoms with van der Waals surface area (Å²) in [7, 11) is 1.22. The Bertz CT molecular complexity index is 1690. The number of benzene rings is 3. The van der Waals surface area contributed by atoms with Crippen LogP contribution in [0.3, 0.4) is 0 Å². The molecule has 0 aliphatic rings. The van der Waals surface area contributed by atoms with Gasteiger partial charge in [-0.1, -0.05) is 29.4 Å². The van der Waals surface area contributed by atoms with E-state index in [0.717, 1.165) is 4.57 Å². The summed E-state index contributed by atoms with van der Waals surface area (Å²) in [6, 6.07) is 18.3. The molecule has 0 bridgehead atoms. The minimum Gasteiger partial charge on any atom is -0.465 e. The van der Waals surface area contributed by atoms with Crippen molar-refractivity contribution in [3.05, 3.63) is 111 Å². The molecule has 0 aliphatic carbocycles. The first-order valence-corrected chi connectivity index (χ1v) is 10.5. The first kappa shape index (κ1) is 22.0. The Hall–Kier alpha value is -4.86. The average molecular weight is 472 g/mol. The third-order valence-electron chi connectivity index (χ3n) is 5.46. The maximum Gasteiger partial charge on any atom is 0.339 e. The van der Waals surface area contributed by atoms with Gasteiger partial charge in [-0.3, -0.25) is 9.36 Å². The number of para-hydroxylation sites is 2. The molecule has 0 radical (unpaired) electrons. The third kappa shape index (κ3) is 3.90. The SMILES string of the molecule is COC(=O)c1ccccc1-n1c(=O)c2ccccc2n(Cc2nc(-c3ccc(F)cc3)no2)c1=O. The van der Waals surface area contributed by atoms with Crippen LogP contribution in [0, 0.1) is 5.82 Å². The van der Waals surface area contributed by atoms with Crippen molar-refractivity contribution in [2.75, 3.05) is 7.11 Å². The van der Waals surface area contributed by atoms with Gasteiger partial charge in [0.25, 0.3) is 5.56 Å². The lowest BCUT2D eigenvalue weighted by Crippen LogP contribution is -2.40. The van der Waals surface area contributed by atoms with Crippen LogP contribution in [0.1, 0.15) is 16.2 Å². The lowest BCUT2D eigenvalue weighted by Gasteiger charge is -2.14. The summed E-state index contributed by atoms with van der Waals surface area (Å²) in [6.07, 6.45) is 0. The van der Waals surface area contributed by atoms with Gasteiger partial charge in [0.1, 0.15) is 12.4 Å². The van der Waals surface area contributed by atoms with Crippen molar-refractivity contribution in [2.24, 2.45) is 0 Å². The summed E-state index contributed by atoms with van der Waals surface area (Å²) in [5, 5.41) is 4.17. The largest absolute Gasteiger partial charge is 0.465 e. The van der Waals surface area contributed by atoms with Gasteiger partial charge in [0.2, 0.25) is 11.7 Å². The maximum atomic E-state index is 13.6. The van der Waals surface area contributed by atoms with Gasteiger partial charge in [0, 0.05) is 5.56 Å². The monoisotopic (exact) mass is 472 g/mol. The molecule has 2 aromatic heterocycles. The van der Waals surface area contributed by atoms with Gasteiger partial charge in [-0.15, -0.1) is 0 Å². The number of nitrogens with zero attached hydrogens (tertiary/aromatic N) is 4. The van der Waals surface area contributed by atoms with E-state index in [0.29, 0.717) is 11.1 Å². The van der Waals surface area contributed by atoms with Gasteiger partial charge in [-0.05, 0) is 48.5 Å². The molecule has 5 rings (SSSR count). The lowest BCUT2D eigenvalue weighted by molar-refractivity contribution is 0.0600. The van der Waals surface area contributed by atoms with Crippen molar-refractivity contribution in [1.29, 1.82) is 0 Å². The summed E-state index contributed by atoms with van der Waals surface area (Å²) in [6.45, 7) is -0.145. The highest BCUT2D eigenvalue weighted by atomic mass is 19.1. The molecule has 0 aliphatic heterocycles. The van der Waals surface area contributed by atoms with Gasteiger partial charge in [-0.2, -0.15) is 4.98 Å². The number of esters is 1. The topological polar surface area (TPSA) is 109 Å². The van der Waals surface area contributed by atoms with Crippen LogP contribution in [-0.2, 0) is 11.3 Å². The predicted molar refractivity (Wildman–Crippen MR) is 124 cm³/mol. The number of halogens is 1. The minimum atomic E-state index is -0.702. The highest BCUT2D eigenvalue weighted by molar-refractivity contribution is 5.93. The molecule has 0 saturated heterocycles. The molecule has 0 unspecified atom stereocenters. The number of carbonyl (C=O) groups is 1. The first-order chi connectivity index (χ1) is 17.0. The molecule has 10 heteroatoms. The number of fused-ring (bicyclic) bond motifs is 1. The van der Waals surface area contributed by atoms with Gasteiger partial charge >= 0.3 is 11.7 Å². The number of ether oxygens (including phenoxy) is 1. The molecule has 5 aromatic rings. The number of carbonyl (C=O) groups excluding carboxylic acids is 1. The summed E-state index contributed by atoms with van der Waals surface area (Å²) in [4.78, 5) is 43.6. The standard InChI is InChI=1S/C25H17FN4O5/c1-34-24(32)18-7-3-5-9-20(18)30-23(31)17-6-2-4-8-19(17)29(25(30)33)14-21-27-22(28-35-21)15-10-12-16(26)13-11-15/h2-13H,14H2,1H3. The number of aromatic nitrogens is 4. The number of methoxy groups -OCH3 is 1. The van der Waals surface area contributed by atoms with Crippen molar-refractivity contribution < 1.29 is 18.4 Å². The highest BCUT2D eigenvalue weighted by Gasteiger charge is 2.21. The maximum absolute atomic E-state index is 13.6. The van der Waals surface area contributed by atoms with E-state index in [2.05, 4.69) is 10.1 Å². The third-order valence-corrected chi connectivity index (χ3v) is 5.46. The predicted octanol–water partition coefficient (Wildman–Crippen LogP) is 3.18. The molecule has 35 heavy (non-hydrogen) atoms. The van der Waals surface area contributed by atoms with Gasteiger partial charge < -0.3 is 9.26 Å². The molecule has 0 N–H and O–H groups in total. The number of hydrogen-bond acceptors (Lipinski definition) is 7. The number of rotatable bonds is 5. The zero-order chi connectivity index (χ0) is 24.5. The summed E-state index contributed by atoms with van der Waals surface area (Å²) < 4.78 is 25.6. The van der Waals surface area contributed by atoms with E-state index in [1.165, 1.54) is 48.1 Å². The van der Waals surface area contributed by atoms with E-state index in [4.69, 9.17) is 9.26 Å². The molecular weight excluding hydrogens is 455 g/mol. The number of hydrogen-bond donors (Lipinski definition) is 0. The average Bonchev–Trinajstić information content (AvgIpc) is 3.35. The fourth-order valence-electron chi connectivity index (χ4n) is 3.81. The second-order valence-corrected chi connectivity index (χ2v) is 7.55. The Kier molecular flexibility index (Phi) is 5.54. The molecule has 0 fully saturated rings. The zero-order valence-corrected chi connectivity index (χ0v) is 18.3. The van der Waals surface area contributed by atoms with Gasteiger partial charge in [-0.25, -0.2) is 18.5 Å². The van der Waals surface area contributed by atoms with Crippen LogP contribution in [0.5, 0.6) is 0 Å². The zero-order valence-electron chi connectivity index (χ0n) is 18.3. The van der Waals surface area contributed by atoms with Crippen LogP contribution in [0.15, 0.2) is 86.9 Å². The van der Waals surface area contributed by atoms with Gasteiger partial charge in [0.15, 0.2) is 0 Å². The molecular formula is C25H17FN4O5. The molecule has 0 atom stereocenters. The van der Waals surface area contributed by atoms with E-state index in [9.17, 15) is 18.8 Å².